The molecule has 0 spiro atoms. The van der Waals surface area contributed by atoms with Gasteiger partial charge in [0.15, 0.2) is 6.61 Å². The summed E-state index contributed by atoms with van der Waals surface area (Å²) in [5, 5.41) is 11.5. The zero-order valence-electron chi connectivity index (χ0n) is 17.7. The van der Waals surface area contributed by atoms with E-state index >= 15 is 0 Å². The van der Waals surface area contributed by atoms with Gasteiger partial charge in [-0.1, -0.05) is 11.8 Å². The second-order valence-corrected chi connectivity index (χ2v) is 10.5. The highest BCUT2D eigenvalue weighted by Crippen LogP contribution is 2.61. The van der Waals surface area contributed by atoms with Crippen molar-refractivity contribution in [1.82, 2.24) is 15.5 Å². The number of ether oxygens (including phenoxy) is 1. The van der Waals surface area contributed by atoms with Gasteiger partial charge in [-0.25, -0.2) is 4.39 Å². The zero-order chi connectivity index (χ0) is 21.4. The van der Waals surface area contributed by atoms with Gasteiger partial charge in [0, 0.05) is 6.04 Å². The van der Waals surface area contributed by atoms with Crippen LogP contribution in [0.4, 0.5) is 4.39 Å². The van der Waals surface area contributed by atoms with Gasteiger partial charge in [0.25, 0.3) is 11.1 Å². The van der Waals surface area contributed by atoms with Crippen molar-refractivity contribution in [2.45, 2.75) is 63.3 Å². The van der Waals surface area contributed by atoms with E-state index in [2.05, 4.69) is 22.4 Å². The van der Waals surface area contributed by atoms with Crippen LogP contribution in [0.25, 0.3) is 0 Å². The summed E-state index contributed by atoms with van der Waals surface area (Å²) >= 11 is 1.23. The molecule has 4 bridgehead atoms. The molecule has 8 heteroatoms. The van der Waals surface area contributed by atoms with Crippen LogP contribution in [0.1, 0.15) is 51.3 Å². The molecule has 2 aromatic rings. The highest BCUT2D eigenvalue weighted by molar-refractivity contribution is 7.99. The summed E-state index contributed by atoms with van der Waals surface area (Å²) in [5.74, 6) is 3.38. The summed E-state index contributed by atoms with van der Waals surface area (Å²) in [7, 11) is 0. The summed E-state index contributed by atoms with van der Waals surface area (Å²) in [6, 6.07) is 5.94. The van der Waals surface area contributed by atoms with Gasteiger partial charge < -0.3 is 14.5 Å². The maximum absolute atomic E-state index is 12.9. The molecule has 0 aliphatic heterocycles. The Labute approximate surface area is 185 Å². The van der Waals surface area contributed by atoms with Crippen molar-refractivity contribution in [2.24, 2.45) is 23.2 Å². The van der Waals surface area contributed by atoms with Gasteiger partial charge in [0.1, 0.15) is 11.6 Å². The molecule has 1 aromatic heterocycles. The van der Waals surface area contributed by atoms with Gasteiger partial charge in [-0.05, 0) is 92.9 Å². The van der Waals surface area contributed by atoms with Gasteiger partial charge in [-0.2, -0.15) is 0 Å². The van der Waals surface area contributed by atoms with E-state index < -0.39 is 0 Å². The topological polar surface area (TPSA) is 77.2 Å². The minimum Gasteiger partial charge on any atom is -0.484 e. The Hall–Kier alpha value is -2.09. The Kier molecular flexibility index (Phi) is 5.67. The van der Waals surface area contributed by atoms with Crippen molar-refractivity contribution in [3.8, 4) is 5.75 Å². The van der Waals surface area contributed by atoms with Crippen LogP contribution >= 0.6 is 11.8 Å². The van der Waals surface area contributed by atoms with Crippen molar-refractivity contribution in [3.05, 3.63) is 36.0 Å². The molecule has 1 unspecified atom stereocenters. The number of hydrogen-bond donors (Lipinski definition) is 1. The van der Waals surface area contributed by atoms with Crippen LogP contribution in [0.5, 0.6) is 5.75 Å². The standard InChI is InChI=1S/C23H28FN3O3S/c1-14(23-9-15-6-16(10-23)8-17(7-15)11-23)25-20(28)13-31-22-27-26-21(30-22)12-29-19-4-2-18(24)3-5-19/h2-5,14-17H,6-13H2,1H3,(H,25,28). The van der Waals surface area contributed by atoms with Crippen LogP contribution in [-0.4, -0.2) is 27.9 Å². The lowest BCUT2D eigenvalue weighted by Crippen LogP contribution is -2.56. The van der Waals surface area contributed by atoms with Crippen molar-refractivity contribution in [1.29, 1.82) is 0 Å². The largest absolute Gasteiger partial charge is 0.484 e. The van der Waals surface area contributed by atoms with Gasteiger partial charge in [0.05, 0.1) is 5.75 Å². The Bertz CT molecular complexity index is 897. The molecule has 4 fully saturated rings. The Balaban J connectivity index is 1.09. The van der Waals surface area contributed by atoms with Gasteiger partial charge in [0.2, 0.25) is 5.91 Å². The van der Waals surface area contributed by atoms with Crippen molar-refractivity contribution >= 4 is 17.7 Å². The number of nitrogens with one attached hydrogen (secondary N) is 1. The second-order valence-electron chi connectivity index (χ2n) is 9.56. The number of thioether (sulfide) groups is 1. The fourth-order valence-electron chi connectivity index (χ4n) is 6.30. The number of amides is 1. The van der Waals surface area contributed by atoms with E-state index in [0.29, 0.717) is 22.3 Å². The molecule has 1 heterocycles. The average Bonchev–Trinajstić information content (AvgIpc) is 3.19. The molecule has 0 radical (unpaired) electrons. The van der Waals surface area contributed by atoms with E-state index in [1.807, 2.05) is 0 Å². The molecule has 1 atom stereocenters. The second kappa shape index (κ2) is 8.45. The molecule has 1 aromatic carbocycles. The van der Waals surface area contributed by atoms with Crippen molar-refractivity contribution in [2.75, 3.05) is 5.75 Å². The van der Waals surface area contributed by atoms with E-state index in [-0.39, 0.29) is 30.1 Å². The number of halogens is 1. The van der Waals surface area contributed by atoms with Gasteiger partial charge >= 0.3 is 0 Å². The normalized spacial score (nSPS) is 29.7. The maximum atomic E-state index is 12.9. The Morgan fingerprint density at radius 1 is 1.19 bits per heavy atom. The Morgan fingerprint density at radius 3 is 2.48 bits per heavy atom. The number of carbonyl (C=O) groups excluding carboxylic acids is 1. The summed E-state index contributed by atoms with van der Waals surface area (Å²) in [4.78, 5) is 12.6. The van der Waals surface area contributed by atoms with Crippen LogP contribution in [0.2, 0.25) is 0 Å². The quantitative estimate of drug-likeness (QED) is 0.599. The summed E-state index contributed by atoms with van der Waals surface area (Å²) < 4.78 is 24.0. The smallest absolute Gasteiger partial charge is 0.277 e. The first-order valence-corrected chi connectivity index (χ1v) is 12.1. The maximum Gasteiger partial charge on any atom is 0.277 e. The summed E-state index contributed by atoms with van der Waals surface area (Å²) in [5.41, 5.74) is 0.296. The minimum atomic E-state index is -0.320. The van der Waals surface area contributed by atoms with Crippen molar-refractivity contribution < 1.29 is 18.3 Å². The third-order valence-corrected chi connectivity index (χ3v) is 8.15. The van der Waals surface area contributed by atoms with Crippen LogP contribution in [0, 0.1) is 29.0 Å². The first kappa shape index (κ1) is 20.8. The van der Waals surface area contributed by atoms with Crippen molar-refractivity contribution in [3.63, 3.8) is 0 Å². The number of hydrogen-bond acceptors (Lipinski definition) is 6. The molecule has 1 amide bonds. The molecule has 6 nitrogen and oxygen atoms in total. The van der Waals surface area contributed by atoms with E-state index in [9.17, 15) is 9.18 Å². The molecule has 166 valence electrons. The van der Waals surface area contributed by atoms with Crippen LogP contribution in [0.15, 0.2) is 33.9 Å². The number of benzene rings is 1. The fraction of sp³-hybridized carbons (Fsp3) is 0.609. The molecule has 4 aliphatic rings. The first-order valence-electron chi connectivity index (χ1n) is 11.1. The van der Waals surface area contributed by atoms with Crippen LogP contribution in [0.3, 0.4) is 0 Å². The third kappa shape index (κ3) is 4.59. The predicted octanol–water partition coefficient (Wildman–Crippen LogP) is 4.60. The lowest BCUT2D eigenvalue weighted by molar-refractivity contribution is -0.123. The van der Waals surface area contributed by atoms with Crippen LogP contribution < -0.4 is 10.1 Å². The molecule has 0 saturated heterocycles. The molecule has 4 saturated carbocycles. The molecule has 6 rings (SSSR count). The first-order chi connectivity index (χ1) is 15.0. The van der Waals surface area contributed by atoms with E-state index in [0.717, 1.165) is 17.8 Å². The van der Waals surface area contributed by atoms with E-state index in [1.54, 1.807) is 0 Å². The predicted molar refractivity (Wildman–Crippen MR) is 114 cm³/mol. The molecule has 31 heavy (non-hydrogen) atoms. The van der Waals surface area contributed by atoms with Gasteiger partial charge in [-0.15, -0.1) is 10.2 Å². The molecule has 4 aliphatic carbocycles. The number of rotatable bonds is 8. The summed E-state index contributed by atoms with van der Waals surface area (Å²) in [6.45, 7) is 2.28. The molecular formula is C23H28FN3O3S. The minimum absolute atomic E-state index is 0.00978. The number of carbonyl (C=O) groups is 1. The Morgan fingerprint density at radius 2 is 1.84 bits per heavy atom. The van der Waals surface area contributed by atoms with Gasteiger partial charge in [-0.3, -0.25) is 4.79 Å². The highest BCUT2D eigenvalue weighted by Gasteiger charge is 2.53. The monoisotopic (exact) mass is 445 g/mol. The highest BCUT2D eigenvalue weighted by atomic mass is 32.2. The number of aromatic nitrogens is 2. The SMILES string of the molecule is CC(NC(=O)CSc1nnc(COc2ccc(F)cc2)o1)C12CC3CC(CC(C3)C1)C2. The zero-order valence-corrected chi connectivity index (χ0v) is 18.5. The van der Waals surface area contributed by atoms with E-state index in [1.165, 1.54) is 74.6 Å². The average molecular weight is 446 g/mol. The van der Waals surface area contributed by atoms with Crippen LogP contribution in [-0.2, 0) is 11.4 Å². The molecule has 1 N–H and O–H groups in total. The lowest BCUT2D eigenvalue weighted by Gasteiger charge is -2.59. The summed E-state index contributed by atoms with van der Waals surface area (Å²) in [6.07, 6.45) is 8.03. The van der Waals surface area contributed by atoms with E-state index in [4.69, 9.17) is 9.15 Å². The fourth-order valence-corrected chi connectivity index (χ4v) is 6.89. The number of nitrogens with zero attached hydrogens (tertiary/aromatic N) is 2. The third-order valence-electron chi connectivity index (χ3n) is 7.33. The molecular weight excluding hydrogens is 417 g/mol. The lowest BCUT2D eigenvalue weighted by atomic mass is 9.48.